The van der Waals surface area contributed by atoms with Crippen molar-refractivity contribution in [1.82, 2.24) is 19.5 Å². The molecular weight excluding hydrogens is 625 g/mol. The van der Waals surface area contributed by atoms with E-state index < -0.39 is 52.8 Å². The number of ether oxygens (including phenoxy) is 2. The fraction of sp³-hybridized carbons (Fsp3) is 0.370. The highest BCUT2D eigenvalue weighted by Crippen LogP contribution is 2.33. The van der Waals surface area contributed by atoms with Gasteiger partial charge in [0, 0.05) is 5.56 Å². The molecule has 0 saturated carbocycles. The number of hydrazine groups is 1. The average molecular weight is 657 g/mol. The molecule has 0 spiro atoms. The minimum Gasteiger partial charge on any atom is -0.569 e. The van der Waals surface area contributed by atoms with Crippen LogP contribution in [0, 0.1) is 12.1 Å². The summed E-state index contributed by atoms with van der Waals surface area (Å²) in [6, 6.07) is 12.3. The first-order valence-electron chi connectivity index (χ1n) is 13.2. The van der Waals surface area contributed by atoms with Crippen LogP contribution in [-0.4, -0.2) is 65.7 Å². The molecule has 1 heterocycles. The predicted molar refractivity (Wildman–Crippen MR) is 151 cm³/mol. The number of rotatable bonds is 11. The van der Waals surface area contributed by atoms with Gasteiger partial charge in [0.25, 0.3) is 22.7 Å². The van der Waals surface area contributed by atoms with Gasteiger partial charge in [-0.05, 0) is 65.0 Å². The molecule has 18 heteroatoms. The van der Waals surface area contributed by atoms with E-state index in [1.165, 1.54) is 32.9 Å². The monoisotopic (exact) mass is 656 g/mol. The summed E-state index contributed by atoms with van der Waals surface area (Å²) in [6.07, 6.45) is -5.79. The summed E-state index contributed by atoms with van der Waals surface area (Å²) in [4.78, 5) is 28.0. The Morgan fingerprint density at radius 1 is 1.07 bits per heavy atom. The van der Waals surface area contributed by atoms with Crippen LogP contribution in [0.3, 0.4) is 0 Å². The normalized spacial score (nSPS) is 12.4. The number of halogens is 3. The Morgan fingerprint density at radius 2 is 1.69 bits per heavy atom. The van der Waals surface area contributed by atoms with E-state index in [1.807, 2.05) is 11.6 Å². The van der Waals surface area contributed by atoms with Crippen molar-refractivity contribution in [2.24, 2.45) is 5.28 Å². The fourth-order valence-electron chi connectivity index (χ4n) is 3.70. The van der Waals surface area contributed by atoms with Gasteiger partial charge < -0.3 is 19.5 Å². The standard InChI is InChI=1S/C27H31F3N6O8S/c1-6-42-25(38)43-17-44-33-36(39)34(26(3,4)5)16-24(37)32-45(40,41)21-13-11-20(12-14-21)35-22(15-23(31-35)27(28,29)30)19-9-7-18(2)8-10-19/h7-15H,6,16-17H2,1-5H3,(H,32,37)/b36-33-. The SMILES string of the molecule is CCOC(=O)OCO/N=[N+](\[O-])N(CC(=O)NS(=O)(=O)c1ccc(-n2nc(C(F)(F)F)cc2-c2ccc(C)cc2)cc1)C(C)(C)C. The topological polar surface area (TPSA) is 167 Å². The van der Waals surface area contributed by atoms with Crippen LogP contribution >= 0.6 is 0 Å². The number of hydrogen-bond donors (Lipinski definition) is 1. The van der Waals surface area contributed by atoms with Gasteiger partial charge in [0.1, 0.15) is 0 Å². The van der Waals surface area contributed by atoms with Crippen molar-refractivity contribution in [3.63, 3.8) is 0 Å². The molecule has 1 aromatic heterocycles. The Morgan fingerprint density at radius 3 is 2.24 bits per heavy atom. The molecule has 244 valence electrons. The molecule has 0 bridgehead atoms. The third-order valence-electron chi connectivity index (χ3n) is 5.88. The lowest BCUT2D eigenvalue weighted by atomic mass is 10.1. The van der Waals surface area contributed by atoms with E-state index in [4.69, 9.17) is 0 Å². The molecule has 3 rings (SSSR count). The summed E-state index contributed by atoms with van der Waals surface area (Å²) < 4.78 is 78.3. The molecule has 0 atom stereocenters. The van der Waals surface area contributed by atoms with Crippen LogP contribution in [0.5, 0.6) is 0 Å². The first-order valence-corrected chi connectivity index (χ1v) is 14.7. The molecule has 0 aliphatic heterocycles. The van der Waals surface area contributed by atoms with Crippen molar-refractivity contribution in [3.05, 3.63) is 71.1 Å². The first kappa shape index (κ1) is 34.6. The Balaban J connectivity index is 1.78. The zero-order valence-corrected chi connectivity index (χ0v) is 25.7. The zero-order valence-electron chi connectivity index (χ0n) is 24.9. The third kappa shape index (κ3) is 9.31. The van der Waals surface area contributed by atoms with Crippen LogP contribution in [0.1, 0.15) is 39.0 Å². The maximum Gasteiger partial charge on any atom is 0.511 e. The van der Waals surface area contributed by atoms with Gasteiger partial charge in [-0.1, -0.05) is 29.8 Å². The van der Waals surface area contributed by atoms with Gasteiger partial charge in [0.2, 0.25) is 5.28 Å². The second kappa shape index (κ2) is 13.8. The van der Waals surface area contributed by atoms with E-state index >= 15 is 0 Å². The highest BCUT2D eigenvalue weighted by atomic mass is 32.2. The van der Waals surface area contributed by atoms with Crippen LogP contribution in [0.25, 0.3) is 16.9 Å². The van der Waals surface area contributed by atoms with Crippen molar-refractivity contribution in [1.29, 1.82) is 0 Å². The number of carbonyl (C=O) groups is 2. The lowest BCUT2D eigenvalue weighted by molar-refractivity contribution is -0.723. The number of alkyl halides is 3. The zero-order chi connectivity index (χ0) is 33.6. The largest absolute Gasteiger partial charge is 0.569 e. The van der Waals surface area contributed by atoms with Gasteiger partial charge in [-0.2, -0.15) is 18.3 Å². The highest BCUT2D eigenvalue weighted by Gasteiger charge is 2.36. The number of hydrogen-bond acceptors (Lipinski definition) is 10. The minimum atomic E-state index is -4.73. The molecular formula is C27H31F3N6O8S. The van der Waals surface area contributed by atoms with Crippen molar-refractivity contribution in [2.45, 2.75) is 51.2 Å². The molecule has 0 unspecified atom stereocenters. The fourth-order valence-corrected chi connectivity index (χ4v) is 4.67. The maximum atomic E-state index is 13.5. The van der Waals surface area contributed by atoms with Gasteiger partial charge in [-0.3, -0.25) is 4.79 Å². The number of aromatic nitrogens is 2. The van der Waals surface area contributed by atoms with Crippen LogP contribution in [0.2, 0.25) is 0 Å². The number of nitrogens with zero attached hydrogens (tertiary/aromatic N) is 5. The summed E-state index contributed by atoms with van der Waals surface area (Å²) in [5.74, 6) is -1.11. The maximum absolute atomic E-state index is 13.5. The second-order valence-corrected chi connectivity index (χ2v) is 12.0. The highest BCUT2D eigenvalue weighted by molar-refractivity contribution is 7.90. The number of nitrogens with one attached hydrogen (secondary N) is 1. The molecule has 0 fully saturated rings. The van der Waals surface area contributed by atoms with E-state index in [1.54, 1.807) is 31.2 Å². The molecule has 0 radical (unpaired) electrons. The Labute approximate surface area is 256 Å². The van der Waals surface area contributed by atoms with E-state index in [0.29, 0.717) is 5.56 Å². The van der Waals surface area contributed by atoms with E-state index in [2.05, 4.69) is 24.7 Å². The summed E-state index contributed by atoms with van der Waals surface area (Å²) in [6.45, 7) is 6.47. The molecule has 0 aliphatic carbocycles. The van der Waals surface area contributed by atoms with Gasteiger partial charge in [0.05, 0.1) is 33.4 Å². The Bertz CT molecular complexity index is 1630. The van der Waals surface area contributed by atoms with E-state index in [9.17, 15) is 36.4 Å². The molecule has 0 saturated heterocycles. The molecule has 2 aromatic carbocycles. The van der Waals surface area contributed by atoms with E-state index in [-0.39, 0.29) is 27.9 Å². The number of sulfonamides is 1. The molecule has 45 heavy (non-hydrogen) atoms. The van der Waals surface area contributed by atoms with Crippen molar-refractivity contribution < 1.29 is 50.5 Å². The Kier molecular flexibility index (Phi) is 10.6. The quantitative estimate of drug-likeness (QED) is 0.0762. The summed E-state index contributed by atoms with van der Waals surface area (Å²) >= 11 is 0. The van der Waals surface area contributed by atoms with Gasteiger partial charge in [-0.15, -0.1) is 5.01 Å². The molecule has 3 aromatic rings. The lowest BCUT2D eigenvalue weighted by Crippen LogP contribution is -2.51. The van der Waals surface area contributed by atoms with Gasteiger partial charge in [0.15, 0.2) is 12.2 Å². The third-order valence-corrected chi connectivity index (χ3v) is 7.27. The van der Waals surface area contributed by atoms with Crippen molar-refractivity contribution in [2.75, 3.05) is 19.9 Å². The van der Waals surface area contributed by atoms with Crippen LogP contribution in [0.15, 0.2) is 64.8 Å². The summed E-state index contributed by atoms with van der Waals surface area (Å²) in [5, 5.41) is 20.2. The predicted octanol–water partition coefficient (Wildman–Crippen LogP) is 4.71. The molecule has 0 aliphatic rings. The lowest BCUT2D eigenvalue weighted by Gasteiger charge is -2.29. The second-order valence-electron chi connectivity index (χ2n) is 10.4. The number of amides is 1. The van der Waals surface area contributed by atoms with E-state index in [0.717, 1.165) is 33.5 Å². The number of benzene rings is 2. The van der Waals surface area contributed by atoms with Crippen molar-refractivity contribution >= 4 is 22.1 Å². The summed E-state index contributed by atoms with van der Waals surface area (Å²) in [5.41, 5.74) is -0.602. The van der Waals surface area contributed by atoms with Crippen LogP contribution < -0.4 is 4.72 Å². The van der Waals surface area contributed by atoms with Crippen LogP contribution in [-0.2, 0) is 35.3 Å². The minimum absolute atomic E-state index is 0.0473. The van der Waals surface area contributed by atoms with Gasteiger partial charge in [-0.25, -0.2) is 22.6 Å². The van der Waals surface area contributed by atoms with Gasteiger partial charge >= 0.3 is 12.3 Å². The number of aryl methyl sites for hydroxylation is 1. The smallest absolute Gasteiger partial charge is 0.511 e. The van der Waals surface area contributed by atoms with Crippen LogP contribution in [0.4, 0.5) is 18.0 Å². The number of carbonyl (C=O) groups excluding carboxylic acids is 2. The molecule has 1 N–H and O–H groups in total. The first-order chi connectivity index (χ1) is 20.9. The molecule has 14 nitrogen and oxygen atoms in total. The Hall–Kier alpha value is -4.87. The van der Waals surface area contributed by atoms with Crippen molar-refractivity contribution in [3.8, 4) is 16.9 Å². The summed E-state index contributed by atoms with van der Waals surface area (Å²) in [7, 11) is -4.49. The molecule has 1 amide bonds. The average Bonchev–Trinajstić information content (AvgIpc) is 3.40.